The second kappa shape index (κ2) is 12.9. The van der Waals surface area contributed by atoms with Gasteiger partial charge in [-0.15, -0.1) is 11.3 Å². The van der Waals surface area contributed by atoms with Crippen LogP contribution in [0.1, 0.15) is 37.6 Å². The van der Waals surface area contributed by atoms with E-state index in [1.54, 1.807) is 12.3 Å². The highest BCUT2D eigenvalue weighted by molar-refractivity contribution is 7.92. The van der Waals surface area contributed by atoms with Crippen LogP contribution >= 0.6 is 11.3 Å². The van der Waals surface area contributed by atoms with E-state index in [-0.39, 0.29) is 34.7 Å². The summed E-state index contributed by atoms with van der Waals surface area (Å²) in [6, 6.07) is 8.93. The van der Waals surface area contributed by atoms with E-state index in [0.717, 1.165) is 17.1 Å². The van der Waals surface area contributed by atoms with E-state index in [0.29, 0.717) is 42.5 Å². The number of anilines is 2. The molecule has 2 aromatic carbocycles. The van der Waals surface area contributed by atoms with E-state index in [4.69, 9.17) is 9.72 Å². The summed E-state index contributed by atoms with van der Waals surface area (Å²) in [6.45, 7) is 4.68. The molecule has 0 bridgehead atoms. The van der Waals surface area contributed by atoms with E-state index >= 15 is 4.39 Å². The van der Waals surface area contributed by atoms with Gasteiger partial charge in [-0.1, -0.05) is 19.9 Å². The molecule has 0 atom stereocenters. The largest absolute Gasteiger partial charge is 0.495 e. The number of nitrogens with one attached hydrogen (secondary N) is 2. The molecule has 2 N–H and O–H groups in total. The number of piperidine rings is 1. The lowest BCUT2D eigenvalue weighted by Gasteiger charge is -2.30. The van der Waals surface area contributed by atoms with Gasteiger partial charge in [-0.3, -0.25) is 4.72 Å². The molecule has 1 aliphatic rings. The molecule has 45 heavy (non-hydrogen) atoms. The quantitative estimate of drug-likeness (QED) is 0.228. The van der Waals surface area contributed by atoms with E-state index < -0.39 is 36.6 Å². The summed E-state index contributed by atoms with van der Waals surface area (Å²) in [5.41, 5.74) is 0.446. The van der Waals surface area contributed by atoms with E-state index in [1.807, 2.05) is 13.8 Å². The molecule has 0 saturated carbocycles. The molecule has 0 amide bonds. The molecule has 1 aliphatic heterocycles. The minimum absolute atomic E-state index is 0.00662. The molecule has 4 aromatic rings. The zero-order valence-corrected chi connectivity index (χ0v) is 27.4. The van der Waals surface area contributed by atoms with Crippen molar-refractivity contribution in [2.24, 2.45) is 0 Å². The Morgan fingerprint density at radius 3 is 2.44 bits per heavy atom. The number of aromatic nitrogens is 3. The van der Waals surface area contributed by atoms with Gasteiger partial charge in [0.05, 0.1) is 40.3 Å². The lowest BCUT2D eigenvalue weighted by atomic mass is 10.1. The van der Waals surface area contributed by atoms with Gasteiger partial charge in [0, 0.05) is 36.8 Å². The van der Waals surface area contributed by atoms with Crippen LogP contribution < -0.4 is 14.8 Å². The number of rotatable bonds is 10. The van der Waals surface area contributed by atoms with Crippen molar-refractivity contribution >= 4 is 43.0 Å². The zero-order chi connectivity index (χ0) is 32.5. The van der Waals surface area contributed by atoms with Crippen molar-refractivity contribution in [3.8, 4) is 27.6 Å². The molecule has 2 aromatic heterocycles. The first-order chi connectivity index (χ1) is 21.3. The third-order valence-corrected chi connectivity index (χ3v) is 11.3. The number of thiazole rings is 1. The summed E-state index contributed by atoms with van der Waals surface area (Å²) in [7, 11) is -6.45. The van der Waals surface area contributed by atoms with Crippen molar-refractivity contribution in [2.45, 2.75) is 43.5 Å². The number of hydrogen-bond donors (Lipinski definition) is 2. The zero-order valence-electron chi connectivity index (χ0n) is 24.9. The van der Waals surface area contributed by atoms with Gasteiger partial charge in [0.2, 0.25) is 16.0 Å². The summed E-state index contributed by atoms with van der Waals surface area (Å²) < 4.78 is 88.9. The third kappa shape index (κ3) is 7.24. The van der Waals surface area contributed by atoms with Crippen molar-refractivity contribution in [1.82, 2.24) is 19.3 Å². The highest BCUT2D eigenvalue weighted by Gasteiger charge is 2.27. The minimum atomic E-state index is -4.44. The Labute approximate surface area is 264 Å². The fourth-order valence-electron chi connectivity index (χ4n) is 4.86. The molecular weight excluding hydrogens is 647 g/mol. The molecule has 240 valence electrons. The molecule has 0 radical (unpaired) electrons. The monoisotopic (exact) mass is 678 g/mol. The van der Waals surface area contributed by atoms with Crippen molar-refractivity contribution in [1.29, 1.82) is 0 Å². The van der Waals surface area contributed by atoms with Crippen LogP contribution in [0.4, 0.5) is 20.4 Å². The minimum Gasteiger partial charge on any atom is -0.495 e. The van der Waals surface area contributed by atoms with Crippen LogP contribution in [0.5, 0.6) is 5.75 Å². The fraction of sp³-hybridized carbons (Fsp3) is 0.345. The molecular formula is C29H32F2N6O5S3. The number of methoxy groups -OCH3 is 1. The van der Waals surface area contributed by atoms with Gasteiger partial charge in [-0.2, -0.15) is 0 Å². The van der Waals surface area contributed by atoms with Crippen molar-refractivity contribution in [2.75, 3.05) is 36.5 Å². The first-order valence-electron chi connectivity index (χ1n) is 14.0. The average Bonchev–Trinajstić information content (AvgIpc) is 3.44. The van der Waals surface area contributed by atoms with Crippen LogP contribution in [-0.4, -0.2) is 68.6 Å². The van der Waals surface area contributed by atoms with Crippen molar-refractivity contribution < 1.29 is 30.4 Å². The molecule has 16 heteroatoms. The van der Waals surface area contributed by atoms with Gasteiger partial charge in [-0.05, 0) is 49.2 Å². The number of benzene rings is 2. The molecule has 0 spiro atoms. The highest BCUT2D eigenvalue weighted by Crippen LogP contribution is 2.41. The Kier molecular flexibility index (Phi) is 9.39. The Morgan fingerprint density at radius 2 is 1.78 bits per heavy atom. The molecule has 3 heterocycles. The summed E-state index contributed by atoms with van der Waals surface area (Å²) in [6.07, 6.45) is 3.93. The average molecular weight is 679 g/mol. The number of hydrogen-bond acceptors (Lipinski definition) is 10. The number of nitrogens with zero attached hydrogens (tertiary/aromatic N) is 4. The fourth-order valence-corrected chi connectivity index (χ4v) is 8.03. The maximum absolute atomic E-state index is 16.1. The van der Waals surface area contributed by atoms with Crippen LogP contribution in [0.2, 0.25) is 0 Å². The summed E-state index contributed by atoms with van der Waals surface area (Å²) >= 11 is 1.34. The lowest BCUT2D eigenvalue weighted by Crippen LogP contribution is -2.42. The highest BCUT2D eigenvalue weighted by atomic mass is 32.2. The second-order valence-electron chi connectivity index (χ2n) is 10.8. The first-order valence-corrected chi connectivity index (χ1v) is 18.1. The van der Waals surface area contributed by atoms with E-state index in [1.165, 1.54) is 53.3 Å². The van der Waals surface area contributed by atoms with E-state index in [9.17, 15) is 21.2 Å². The second-order valence-corrected chi connectivity index (χ2v) is 15.5. The summed E-state index contributed by atoms with van der Waals surface area (Å²) in [5, 5.41) is 4.00. The Morgan fingerprint density at radius 1 is 1.04 bits per heavy atom. The van der Waals surface area contributed by atoms with Crippen LogP contribution in [0.15, 0.2) is 53.6 Å². The van der Waals surface area contributed by atoms with Gasteiger partial charge < -0.3 is 10.1 Å². The van der Waals surface area contributed by atoms with Gasteiger partial charge in [0.25, 0.3) is 10.0 Å². The van der Waals surface area contributed by atoms with E-state index in [2.05, 4.69) is 20.0 Å². The predicted octanol–water partition coefficient (Wildman–Crippen LogP) is 5.31. The normalized spacial score (nSPS) is 14.9. The molecule has 1 saturated heterocycles. The molecule has 11 nitrogen and oxygen atoms in total. The van der Waals surface area contributed by atoms with Gasteiger partial charge in [0.1, 0.15) is 16.5 Å². The lowest BCUT2D eigenvalue weighted by molar-refractivity contribution is 0.331. The molecule has 0 aliphatic carbocycles. The number of halogens is 2. The number of sulfonamides is 2. The Balaban J connectivity index is 1.47. The van der Waals surface area contributed by atoms with Crippen molar-refractivity contribution in [3.05, 3.63) is 65.3 Å². The maximum atomic E-state index is 16.1. The molecule has 5 rings (SSSR count). The molecule has 1 fully saturated rings. The van der Waals surface area contributed by atoms with Gasteiger partial charge >= 0.3 is 0 Å². The van der Waals surface area contributed by atoms with Crippen LogP contribution in [0.3, 0.4) is 0 Å². The van der Waals surface area contributed by atoms with Crippen LogP contribution in [-0.2, 0) is 20.0 Å². The summed E-state index contributed by atoms with van der Waals surface area (Å²) in [4.78, 5) is 13.8. The van der Waals surface area contributed by atoms with Gasteiger partial charge in [-0.25, -0.2) is 44.9 Å². The predicted molar refractivity (Wildman–Crippen MR) is 169 cm³/mol. The Hall–Kier alpha value is -3.73. The standard InChI is InChI=1S/C29H32F2N6O5S3/c1-17(2)28-35-26(20-6-5-7-21(25(20)31)36-45(40,41)24-16-18(30)8-9-23(24)42-3)27(43-28)22-10-13-32-29(34-22)33-19-11-14-37(15-12-19)44(4,38)39/h5-10,13,16-17,19,36H,11-12,14-15H2,1-4H3,(H,32,33,34). The molecule has 0 unspecified atom stereocenters. The first kappa shape index (κ1) is 32.7. The Bertz CT molecular complexity index is 1930. The maximum Gasteiger partial charge on any atom is 0.265 e. The van der Waals surface area contributed by atoms with Crippen LogP contribution in [0, 0.1) is 11.6 Å². The topological polar surface area (TPSA) is 143 Å². The van der Waals surface area contributed by atoms with Gasteiger partial charge in [0.15, 0.2) is 5.82 Å². The number of ether oxygens (including phenoxy) is 1. The SMILES string of the molecule is COc1ccc(F)cc1S(=O)(=O)Nc1cccc(-c2nc(C(C)C)sc2-c2ccnc(NC3CCN(S(C)(=O)=O)CC3)n2)c1F. The smallest absolute Gasteiger partial charge is 0.265 e. The third-order valence-electron chi connectivity index (χ3n) is 7.20. The summed E-state index contributed by atoms with van der Waals surface area (Å²) in [5.74, 6) is -1.42. The van der Waals surface area contributed by atoms with Crippen molar-refractivity contribution in [3.63, 3.8) is 0 Å². The van der Waals surface area contributed by atoms with Crippen LogP contribution in [0.25, 0.3) is 21.8 Å².